The molecule has 2 aliphatic carbocycles. The average Bonchev–Trinajstić information content (AvgIpc) is 2.15. The van der Waals surface area contributed by atoms with Crippen molar-refractivity contribution in [1.82, 2.24) is 0 Å². The van der Waals surface area contributed by atoms with Crippen LogP contribution in [0, 0.1) is 0 Å². The topological polar surface area (TPSA) is 0 Å². The SMILES string of the molecule is C1=CC2=C(C1)CCC2. The van der Waals surface area contributed by atoms with Crippen LogP contribution in [0.15, 0.2) is 23.3 Å². The largest absolute Gasteiger partial charge is 0.0802 e. The predicted octanol–water partition coefficient (Wildman–Crippen LogP) is 2.43. The van der Waals surface area contributed by atoms with Gasteiger partial charge in [-0.25, -0.2) is 0 Å². The highest BCUT2D eigenvalue weighted by Gasteiger charge is 2.13. The van der Waals surface area contributed by atoms with Crippen molar-refractivity contribution >= 4 is 0 Å². The molecule has 0 radical (unpaired) electrons. The Balaban J connectivity index is 2.33. The van der Waals surface area contributed by atoms with Crippen LogP contribution < -0.4 is 0 Å². The zero-order valence-electron chi connectivity index (χ0n) is 4.98. The van der Waals surface area contributed by atoms with Crippen molar-refractivity contribution in [2.24, 2.45) is 0 Å². The number of hydrogen-bond acceptors (Lipinski definition) is 0. The minimum atomic E-state index is 1.26. The molecule has 0 aliphatic heterocycles. The molecular formula is C8H10. The highest BCUT2D eigenvalue weighted by atomic mass is 14.2. The normalized spacial score (nSPS) is 25.0. The highest BCUT2D eigenvalue weighted by Crippen LogP contribution is 2.33. The Kier molecular flexibility index (Phi) is 0.806. The Bertz CT molecular complexity index is 161. The van der Waals surface area contributed by atoms with Crippen molar-refractivity contribution in [2.45, 2.75) is 25.7 Å². The molecule has 0 N–H and O–H groups in total. The van der Waals surface area contributed by atoms with Gasteiger partial charge in [-0.3, -0.25) is 0 Å². The van der Waals surface area contributed by atoms with Crippen LogP contribution in [-0.2, 0) is 0 Å². The van der Waals surface area contributed by atoms with Gasteiger partial charge in [0, 0.05) is 0 Å². The summed E-state index contributed by atoms with van der Waals surface area (Å²) < 4.78 is 0. The molecular weight excluding hydrogens is 96.1 g/mol. The molecule has 8 heavy (non-hydrogen) atoms. The molecule has 0 nitrogen and oxygen atoms in total. The fourth-order valence-corrected chi connectivity index (χ4v) is 1.61. The molecule has 0 saturated heterocycles. The molecule has 0 amide bonds. The first-order chi connectivity index (χ1) is 3.97. The highest BCUT2D eigenvalue weighted by molar-refractivity contribution is 5.36. The summed E-state index contributed by atoms with van der Waals surface area (Å²) in [4.78, 5) is 0. The van der Waals surface area contributed by atoms with Crippen LogP contribution in [0.3, 0.4) is 0 Å². The van der Waals surface area contributed by atoms with Gasteiger partial charge < -0.3 is 0 Å². The van der Waals surface area contributed by atoms with Gasteiger partial charge in [0.15, 0.2) is 0 Å². The van der Waals surface area contributed by atoms with Gasteiger partial charge in [-0.15, -0.1) is 0 Å². The summed E-state index contributed by atoms with van der Waals surface area (Å²) in [6.45, 7) is 0. The fourth-order valence-electron chi connectivity index (χ4n) is 1.61. The molecule has 0 aromatic heterocycles. The number of hydrogen-bond donors (Lipinski definition) is 0. The smallest absolute Gasteiger partial charge is 0.0130 e. The van der Waals surface area contributed by atoms with Crippen molar-refractivity contribution in [1.29, 1.82) is 0 Å². The monoisotopic (exact) mass is 106 g/mol. The second kappa shape index (κ2) is 1.48. The van der Waals surface area contributed by atoms with Gasteiger partial charge in [-0.1, -0.05) is 17.7 Å². The summed E-state index contributed by atoms with van der Waals surface area (Å²) in [7, 11) is 0. The van der Waals surface area contributed by atoms with Crippen LogP contribution in [-0.4, -0.2) is 0 Å². The van der Waals surface area contributed by atoms with Gasteiger partial charge in [0.2, 0.25) is 0 Å². The fraction of sp³-hybridized carbons (Fsp3) is 0.500. The summed E-state index contributed by atoms with van der Waals surface area (Å²) in [6.07, 6.45) is 9.98. The third-order valence-corrected chi connectivity index (χ3v) is 2.06. The molecule has 2 aliphatic rings. The molecule has 42 valence electrons. The van der Waals surface area contributed by atoms with E-state index in [0.717, 1.165) is 0 Å². The van der Waals surface area contributed by atoms with Crippen LogP contribution >= 0.6 is 0 Å². The molecule has 0 bridgehead atoms. The zero-order chi connectivity index (χ0) is 5.40. The van der Waals surface area contributed by atoms with E-state index in [9.17, 15) is 0 Å². The van der Waals surface area contributed by atoms with E-state index in [0.29, 0.717) is 0 Å². The van der Waals surface area contributed by atoms with Crippen LogP contribution in [0.1, 0.15) is 25.7 Å². The van der Waals surface area contributed by atoms with Gasteiger partial charge in [0.1, 0.15) is 0 Å². The molecule has 2 rings (SSSR count). The Morgan fingerprint density at radius 3 is 3.12 bits per heavy atom. The number of allylic oxidation sites excluding steroid dienone is 4. The predicted molar refractivity (Wildman–Crippen MR) is 34.6 cm³/mol. The van der Waals surface area contributed by atoms with E-state index in [1.165, 1.54) is 25.7 Å². The van der Waals surface area contributed by atoms with Crippen molar-refractivity contribution < 1.29 is 0 Å². The van der Waals surface area contributed by atoms with E-state index in [-0.39, 0.29) is 0 Å². The molecule has 0 heteroatoms. The first-order valence-electron chi connectivity index (χ1n) is 3.34. The molecule has 0 fully saturated rings. The van der Waals surface area contributed by atoms with Gasteiger partial charge in [-0.2, -0.15) is 0 Å². The summed E-state index contributed by atoms with van der Waals surface area (Å²) in [5.41, 5.74) is 3.36. The molecule has 0 spiro atoms. The maximum atomic E-state index is 2.29. The van der Waals surface area contributed by atoms with Crippen molar-refractivity contribution in [2.75, 3.05) is 0 Å². The lowest BCUT2D eigenvalue weighted by Gasteiger charge is -1.88. The summed E-state index contributed by atoms with van der Waals surface area (Å²) in [6, 6.07) is 0. The summed E-state index contributed by atoms with van der Waals surface area (Å²) in [5, 5.41) is 0. The lowest BCUT2D eigenvalue weighted by molar-refractivity contribution is 0.882. The maximum Gasteiger partial charge on any atom is -0.0130 e. The molecule has 0 unspecified atom stereocenters. The molecule has 0 saturated carbocycles. The van der Waals surface area contributed by atoms with Gasteiger partial charge in [0.25, 0.3) is 0 Å². The van der Waals surface area contributed by atoms with E-state index < -0.39 is 0 Å². The second-order valence-corrected chi connectivity index (χ2v) is 2.59. The lowest BCUT2D eigenvalue weighted by atomic mass is 10.2. The Hall–Kier alpha value is -0.520. The average molecular weight is 106 g/mol. The standard InChI is InChI=1S/C8H10/c1-3-7-5-2-6-8(7)4-1/h1,3H,2,4-6H2. The minimum Gasteiger partial charge on any atom is -0.0802 e. The van der Waals surface area contributed by atoms with Crippen molar-refractivity contribution in [3.8, 4) is 0 Å². The molecule has 0 aromatic rings. The third-order valence-electron chi connectivity index (χ3n) is 2.06. The lowest BCUT2D eigenvalue weighted by Crippen LogP contribution is -1.68. The minimum absolute atomic E-state index is 1.26. The van der Waals surface area contributed by atoms with E-state index in [1.54, 1.807) is 11.1 Å². The van der Waals surface area contributed by atoms with E-state index in [1.807, 2.05) is 0 Å². The Morgan fingerprint density at radius 2 is 2.25 bits per heavy atom. The zero-order valence-corrected chi connectivity index (χ0v) is 4.98. The van der Waals surface area contributed by atoms with Crippen LogP contribution in [0.5, 0.6) is 0 Å². The first kappa shape index (κ1) is 4.37. The quantitative estimate of drug-likeness (QED) is 0.445. The second-order valence-electron chi connectivity index (χ2n) is 2.59. The summed E-state index contributed by atoms with van der Waals surface area (Å²) >= 11 is 0. The van der Waals surface area contributed by atoms with Gasteiger partial charge in [0.05, 0.1) is 0 Å². The molecule has 0 atom stereocenters. The van der Waals surface area contributed by atoms with Crippen LogP contribution in [0.25, 0.3) is 0 Å². The van der Waals surface area contributed by atoms with Gasteiger partial charge in [-0.05, 0) is 31.3 Å². The van der Waals surface area contributed by atoms with E-state index in [4.69, 9.17) is 0 Å². The van der Waals surface area contributed by atoms with Crippen molar-refractivity contribution in [3.05, 3.63) is 23.3 Å². The molecule has 0 aromatic carbocycles. The van der Waals surface area contributed by atoms with E-state index >= 15 is 0 Å². The molecule has 0 heterocycles. The Labute approximate surface area is 49.9 Å². The van der Waals surface area contributed by atoms with Crippen LogP contribution in [0.4, 0.5) is 0 Å². The third kappa shape index (κ3) is 0.459. The Morgan fingerprint density at radius 1 is 1.25 bits per heavy atom. The first-order valence-corrected chi connectivity index (χ1v) is 3.34. The number of rotatable bonds is 0. The van der Waals surface area contributed by atoms with E-state index in [2.05, 4.69) is 12.2 Å². The van der Waals surface area contributed by atoms with Crippen LogP contribution in [0.2, 0.25) is 0 Å². The summed E-state index contributed by atoms with van der Waals surface area (Å²) in [5.74, 6) is 0. The maximum absolute atomic E-state index is 2.29. The van der Waals surface area contributed by atoms with Crippen molar-refractivity contribution in [3.63, 3.8) is 0 Å². The van der Waals surface area contributed by atoms with Gasteiger partial charge >= 0.3 is 0 Å².